The Hall–Kier alpha value is -0.550. The van der Waals surface area contributed by atoms with Crippen molar-refractivity contribution in [2.24, 2.45) is 0 Å². The number of hydrogen-bond acceptors (Lipinski definition) is 2. The molecule has 0 radical (unpaired) electrons. The third kappa shape index (κ3) is 0.988. The van der Waals surface area contributed by atoms with Gasteiger partial charge < -0.3 is 4.74 Å². The number of nitrogens with zero attached hydrogens (tertiary/aromatic N) is 1. The topological polar surface area (TPSA) is 49.8 Å². The SMILES string of the molecule is O=S(O)N1C=COC1. The van der Waals surface area contributed by atoms with Crippen molar-refractivity contribution in [3.63, 3.8) is 0 Å². The Labute approximate surface area is 49.2 Å². The van der Waals surface area contributed by atoms with Crippen LogP contribution in [-0.4, -0.2) is 19.8 Å². The molecule has 1 atom stereocenters. The fraction of sp³-hybridized carbons (Fsp3) is 0.333. The van der Waals surface area contributed by atoms with Gasteiger partial charge >= 0.3 is 0 Å². The van der Waals surface area contributed by atoms with Crippen LogP contribution in [0.3, 0.4) is 0 Å². The second-order valence-corrected chi connectivity index (χ2v) is 2.16. The van der Waals surface area contributed by atoms with Gasteiger partial charge in [0.1, 0.15) is 6.26 Å². The first-order chi connectivity index (χ1) is 3.80. The zero-order valence-corrected chi connectivity index (χ0v) is 4.80. The number of hydrogen-bond donors (Lipinski definition) is 1. The second-order valence-electron chi connectivity index (χ2n) is 1.23. The third-order valence-electron chi connectivity index (χ3n) is 0.726. The van der Waals surface area contributed by atoms with E-state index in [0.29, 0.717) is 0 Å². The highest BCUT2D eigenvalue weighted by atomic mass is 32.2. The Kier molecular flexibility index (Phi) is 1.50. The molecule has 0 aromatic carbocycles. The highest BCUT2D eigenvalue weighted by Crippen LogP contribution is 2.01. The van der Waals surface area contributed by atoms with Crippen LogP contribution in [0.5, 0.6) is 0 Å². The van der Waals surface area contributed by atoms with Gasteiger partial charge in [-0.2, -0.15) is 0 Å². The average molecular weight is 135 g/mol. The Morgan fingerprint density at radius 3 is 2.88 bits per heavy atom. The molecular weight excluding hydrogens is 130 g/mol. The smallest absolute Gasteiger partial charge is 0.264 e. The molecule has 1 aliphatic heterocycles. The van der Waals surface area contributed by atoms with Crippen LogP contribution in [0.4, 0.5) is 0 Å². The highest BCUT2D eigenvalue weighted by Gasteiger charge is 2.08. The van der Waals surface area contributed by atoms with E-state index in [-0.39, 0.29) is 6.73 Å². The molecule has 0 aromatic heterocycles. The van der Waals surface area contributed by atoms with E-state index in [1.807, 2.05) is 0 Å². The van der Waals surface area contributed by atoms with Gasteiger partial charge in [-0.3, -0.25) is 4.55 Å². The zero-order valence-electron chi connectivity index (χ0n) is 3.98. The summed E-state index contributed by atoms with van der Waals surface area (Å²) in [5, 5.41) is 0. The molecule has 0 amide bonds. The molecule has 0 saturated heterocycles. The molecule has 0 spiro atoms. The summed E-state index contributed by atoms with van der Waals surface area (Å²) in [6, 6.07) is 0. The van der Waals surface area contributed by atoms with E-state index in [1.54, 1.807) is 0 Å². The summed E-state index contributed by atoms with van der Waals surface area (Å²) in [5.74, 6) is 0. The third-order valence-corrected chi connectivity index (χ3v) is 1.35. The van der Waals surface area contributed by atoms with Gasteiger partial charge in [-0.15, -0.1) is 0 Å². The van der Waals surface area contributed by atoms with Gasteiger partial charge in [-0.1, -0.05) is 0 Å². The van der Waals surface area contributed by atoms with Crippen molar-refractivity contribution in [1.82, 2.24) is 4.31 Å². The van der Waals surface area contributed by atoms with Gasteiger partial charge in [0.15, 0.2) is 6.73 Å². The Morgan fingerprint density at radius 2 is 2.62 bits per heavy atom. The summed E-state index contributed by atoms with van der Waals surface area (Å²) >= 11 is -1.92. The first kappa shape index (κ1) is 5.58. The molecule has 0 aromatic rings. The Morgan fingerprint density at radius 1 is 1.88 bits per heavy atom. The van der Waals surface area contributed by atoms with Gasteiger partial charge in [0.2, 0.25) is 0 Å². The van der Waals surface area contributed by atoms with Crippen LogP contribution < -0.4 is 0 Å². The number of rotatable bonds is 1. The molecule has 0 fully saturated rings. The van der Waals surface area contributed by atoms with Crippen LogP contribution in [0.2, 0.25) is 0 Å². The van der Waals surface area contributed by atoms with Gasteiger partial charge in [0.25, 0.3) is 11.3 Å². The van der Waals surface area contributed by atoms with Crippen LogP contribution >= 0.6 is 0 Å². The maximum Gasteiger partial charge on any atom is 0.264 e. The summed E-state index contributed by atoms with van der Waals surface area (Å²) in [6.45, 7) is 0.170. The van der Waals surface area contributed by atoms with E-state index in [9.17, 15) is 4.21 Å². The Balaban J connectivity index is 2.48. The summed E-state index contributed by atoms with van der Waals surface area (Å²) < 4.78 is 24.2. The van der Waals surface area contributed by atoms with Gasteiger partial charge in [0.05, 0.1) is 6.20 Å². The molecule has 0 aliphatic carbocycles. The first-order valence-corrected chi connectivity index (χ1v) is 3.03. The number of ether oxygens (including phenoxy) is 1. The molecule has 1 rings (SSSR count). The standard InChI is InChI=1S/C3H5NO3S/c5-8(6)4-1-2-7-3-4/h1-2H,3H2,(H,5,6). The average Bonchev–Trinajstić information content (AvgIpc) is 2.12. The lowest BCUT2D eigenvalue weighted by atomic mass is 11.0. The van der Waals surface area contributed by atoms with Crippen molar-refractivity contribution >= 4 is 11.3 Å². The van der Waals surface area contributed by atoms with Crippen LogP contribution in [0.1, 0.15) is 0 Å². The van der Waals surface area contributed by atoms with Crippen molar-refractivity contribution < 1.29 is 13.5 Å². The minimum atomic E-state index is -1.92. The first-order valence-electron chi connectivity index (χ1n) is 1.96. The van der Waals surface area contributed by atoms with E-state index < -0.39 is 11.3 Å². The fourth-order valence-corrected chi connectivity index (χ4v) is 0.672. The van der Waals surface area contributed by atoms with Gasteiger partial charge in [-0.05, 0) is 0 Å². The lowest BCUT2D eigenvalue weighted by molar-refractivity contribution is 0.219. The predicted molar refractivity (Wildman–Crippen MR) is 27.7 cm³/mol. The summed E-state index contributed by atoms with van der Waals surface area (Å²) in [5.41, 5.74) is 0. The van der Waals surface area contributed by atoms with Crippen molar-refractivity contribution in [3.05, 3.63) is 12.5 Å². The van der Waals surface area contributed by atoms with Crippen molar-refractivity contribution in [3.8, 4) is 0 Å². The van der Waals surface area contributed by atoms with E-state index in [0.717, 1.165) is 4.31 Å². The molecule has 1 N–H and O–H groups in total. The summed E-state index contributed by atoms with van der Waals surface area (Å²) in [6.07, 6.45) is 2.78. The molecule has 4 nitrogen and oxygen atoms in total. The maximum atomic E-state index is 10.1. The molecule has 46 valence electrons. The summed E-state index contributed by atoms with van der Waals surface area (Å²) in [7, 11) is 0. The molecule has 0 saturated carbocycles. The van der Waals surface area contributed by atoms with Crippen molar-refractivity contribution in [2.75, 3.05) is 6.73 Å². The van der Waals surface area contributed by atoms with Gasteiger partial charge in [-0.25, -0.2) is 8.51 Å². The fourth-order valence-electron chi connectivity index (χ4n) is 0.368. The molecule has 5 heteroatoms. The lowest BCUT2D eigenvalue weighted by Crippen LogP contribution is -2.16. The monoisotopic (exact) mass is 135 g/mol. The van der Waals surface area contributed by atoms with Crippen LogP contribution in [0.25, 0.3) is 0 Å². The van der Waals surface area contributed by atoms with Crippen LogP contribution in [-0.2, 0) is 16.0 Å². The van der Waals surface area contributed by atoms with Crippen LogP contribution in [0.15, 0.2) is 12.5 Å². The summed E-state index contributed by atoms with van der Waals surface area (Å²) in [4.78, 5) is 0. The van der Waals surface area contributed by atoms with E-state index in [4.69, 9.17) is 4.55 Å². The Bertz CT molecular complexity index is 134. The largest absolute Gasteiger partial charge is 0.478 e. The molecule has 8 heavy (non-hydrogen) atoms. The molecule has 0 bridgehead atoms. The van der Waals surface area contributed by atoms with Crippen LogP contribution in [0, 0.1) is 0 Å². The minimum absolute atomic E-state index is 0.170. The lowest BCUT2D eigenvalue weighted by Gasteiger charge is -2.04. The minimum Gasteiger partial charge on any atom is -0.478 e. The molecule has 1 heterocycles. The molecular formula is C3H5NO3S. The van der Waals surface area contributed by atoms with E-state index in [1.165, 1.54) is 12.5 Å². The highest BCUT2D eigenvalue weighted by molar-refractivity contribution is 7.76. The van der Waals surface area contributed by atoms with E-state index >= 15 is 0 Å². The van der Waals surface area contributed by atoms with Crippen molar-refractivity contribution in [2.45, 2.75) is 0 Å². The quantitative estimate of drug-likeness (QED) is 0.510. The van der Waals surface area contributed by atoms with E-state index in [2.05, 4.69) is 4.74 Å². The predicted octanol–water partition coefficient (Wildman–Crippen LogP) is -0.116. The van der Waals surface area contributed by atoms with Gasteiger partial charge in [0, 0.05) is 0 Å². The second kappa shape index (κ2) is 2.15. The van der Waals surface area contributed by atoms with Crippen molar-refractivity contribution in [1.29, 1.82) is 0 Å². The molecule has 1 aliphatic rings. The maximum absolute atomic E-state index is 10.1. The zero-order chi connectivity index (χ0) is 5.98. The molecule has 1 unspecified atom stereocenters. The normalized spacial score (nSPS) is 20.9.